The van der Waals surface area contributed by atoms with Gasteiger partial charge < -0.3 is 45.2 Å². The maximum absolute atomic E-state index is 11.5. The van der Waals surface area contributed by atoms with Crippen LogP contribution in [0.4, 0.5) is 0 Å². The van der Waals surface area contributed by atoms with Gasteiger partial charge >= 0.3 is 10.4 Å². The van der Waals surface area contributed by atoms with Gasteiger partial charge in [-0.1, -0.05) is 0 Å². The van der Waals surface area contributed by atoms with Crippen molar-refractivity contribution in [1.82, 2.24) is 0 Å². The molecule has 11 atom stereocenters. The van der Waals surface area contributed by atoms with Crippen molar-refractivity contribution in [2.75, 3.05) is 13.2 Å². The first-order chi connectivity index (χ1) is 12.6. The lowest BCUT2D eigenvalue weighted by molar-refractivity contribution is -0.332. The average molecular weight is 418 g/mol. The van der Waals surface area contributed by atoms with E-state index >= 15 is 0 Å². The summed E-state index contributed by atoms with van der Waals surface area (Å²) in [5.74, 6) is -1.21. The maximum Gasteiger partial charge on any atom is 0.400 e. The summed E-state index contributed by atoms with van der Waals surface area (Å²) in [7, 11) is -4.45. The standard InChI is InChI=1S/C13H22O13S/c14-1-3-10(7(18)8(19)12-11(3)25-27(21,22)26-12)24-13-9(20)6(17)5(16)4(2-15)23-13/h3-20H,1-2H2/t3-,4-,5-,6+,7-,8-,9-,10-,11+,12-,13-/m1/s1. The lowest BCUT2D eigenvalue weighted by Crippen LogP contribution is -2.65. The predicted molar refractivity (Wildman–Crippen MR) is 79.9 cm³/mol. The van der Waals surface area contributed by atoms with E-state index in [1.807, 2.05) is 0 Å². The van der Waals surface area contributed by atoms with Crippen LogP contribution in [0.25, 0.3) is 0 Å². The SMILES string of the molecule is O=S1(=O)O[C@@H]2[C@H](O)[C@@H](O)[C@H](O[C@H]3O[C@H](CO)[C@@H](O)[C@H](O)[C@H]3O)[C@@H](CO)[C@@H]2O1. The summed E-state index contributed by atoms with van der Waals surface area (Å²) in [5.41, 5.74) is 0. The molecule has 0 aromatic rings. The molecule has 3 aliphatic rings. The lowest BCUT2D eigenvalue weighted by atomic mass is 9.78. The Bertz CT molecular complexity index is 626. The quantitative estimate of drug-likeness (QED) is 0.227. The Balaban J connectivity index is 1.82. The molecule has 27 heavy (non-hydrogen) atoms. The van der Waals surface area contributed by atoms with Crippen molar-refractivity contribution < 1.29 is 62.0 Å². The van der Waals surface area contributed by atoms with Gasteiger partial charge in [-0.25, -0.2) is 8.37 Å². The number of aliphatic hydroxyl groups excluding tert-OH is 7. The van der Waals surface area contributed by atoms with E-state index < -0.39 is 90.8 Å². The van der Waals surface area contributed by atoms with Gasteiger partial charge in [0.1, 0.15) is 48.8 Å². The van der Waals surface area contributed by atoms with E-state index in [0.29, 0.717) is 0 Å². The van der Waals surface area contributed by atoms with E-state index in [-0.39, 0.29) is 0 Å². The molecule has 7 N–H and O–H groups in total. The van der Waals surface area contributed by atoms with Gasteiger partial charge in [0.05, 0.1) is 19.3 Å². The van der Waals surface area contributed by atoms with E-state index in [1.54, 1.807) is 0 Å². The zero-order chi connectivity index (χ0) is 20.1. The minimum atomic E-state index is -4.45. The Morgan fingerprint density at radius 3 is 2.00 bits per heavy atom. The smallest absolute Gasteiger partial charge is 0.396 e. The first-order valence-electron chi connectivity index (χ1n) is 8.15. The van der Waals surface area contributed by atoms with Gasteiger partial charge in [0.15, 0.2) is 6.29 Å². The van der Waals surface area contributed by atoms with Crippen LogP contribution in [0.5, 0.6) is 0 Å². The summed E-state index contributed by atoms with van der Waals surface area (Å²) in [6, 6.07) is 0. The van der Waals surface area contributed by atoms with Crippen molar-refractivity contribution in [3.63, 3.8) is 0 Å². The Labute approximate surface area is 153 Å². The Morgan fingerprint density at radius 1 is 0.778 bits per heavy atom. The summed E-state index contributed by atoms with van der Waals surface area (Å²) in [6.07, 6.45) is -16.0. The summed E-state index contributed by atoms with van der Waals surface area (Å²) >= 11 is 0. The lowest BCUT2D eigenvalue weighted by Gasteiger charge is -2.46. The first-order valence-corrected chi connectivity index (χ1v) is 9.49. The molecule has 2 saturated heterocycles. The third-order valence-corrected chi connectivity index (χ3v) is 5.92. The minimum absolute atomic E-state index is 0.718. The van der Waals surface area contributed by atoms with Gasteiger partial charge in [-0.15, -0.1) is 0 Å². The van der Waals surface area contributed by atoms with E-state index in [9.17, 15) is 44.2 Å². The van der Waals surface area contributed by atoms with Crippen LogP contribution in [0.1, 0.15) is 0 Å². The average Bonchev–Trinajstić information content (AvgIpc) is 2.95. The molecule has 0 aromatic heterocycles. The summed E-state index contributed by atoms with van der Waals surface area (Å²) in [4.78, 5) is 0. The van der Waals surface area contributed by atoms with E-state index in [2.05, 4.69) is 4.18 Å². The highest BCUT2D eigenvalue weighted by Gasteiger charge is 2.59. The molecule has 14 heteroatoms. The fraction of sp³-hybridized carbons (Fsp3) is 1.00. The Kier molecular flexibility index (Phi) is 6.08. The van der Waals surface area contributed by atoms with Crippen molar-refractivity contribution in [3.8, 4) is 0 Å². The molecule has 0 aromatic carbocycles. The van der Waals surface area contributed by atoms with Gasteiger partial charge in [-0.3, -0.25) is 0 Å². The largest absolute Gasteiger partial charge is 0.400 e. The number of ether oxygens (including phenoxy) is 2. The van der Waals surface area contributed by atoms with Crippen molar-refractivity contribution >= 4 is 10.4 Å². The zero-order valence-corrected chi connectivity index (χ0v) is 14.6. The Hall–Kier alpha value is -0.490. The summed E-state index contributed by atoms with van der Waals surface area (Å²) < 4.78 is 42.9. The van der Waals surface area contributed by atoms with Crippen LogP contribution < -0.4 is 0 Å². The molecule has 1 aliphatic carbocycles. The summed E-state index contributed by atoms with van der Waals surface area (Å²) in [6.45, 7) is -1.46. The first kappa shape index (κ1) is 21.2. The molecule has 158 valence electrons. The third-order valence-electron chi connectivity index (χ3n) is 5.00. The number of rotatable bonds is 4. The van der Waals surface area contributed by atoms with Crippen molar-refractivity contribution in [2.45, 2.75) is 61.2 Å². The topological polar surface area (TPSA) is 213 Å². The van der Waals surface area contributed by atoms with Crippen LogP contribution in [0, 0.1) is 5.92 Å². The van der Waals surface area contributed by atoms with Crippen molar-refractivity contribution in [1.29, 1.82) is 0 Å². The Morgan fingerprint density at radius 2 is 1.41 bits per heavy atom. The highest BCUT2D eigenvalue weighted by molar-refractivity contribution is 7.82. The molecule has 0 unspecified atom stereocenters. The number of aliphatic hydroxyl groups is 7. The van der Waals surface area contributed by atoms with Crippen LogP contribution in [0.3, 0.4) is 0 Å². The van der Waals surface area contributed by atoms with Crippen LogP contribution in [0.2, 0.25) is 0 Å². The van der Waals surface area contributed by atoms with Gasteiger partial charge in [-0.2, -0.15) is 8.42 Å². The molecule has 13 nitrogen and oxygen atoms in total. The predicted octanol–water partition coefficient (Wildman–Crippen LogP) is -5.46. The molecule has 0 radical (unpaired) electrons. The third kappa shape index (κ3) is 3.73. The van der Waals surface area contributed by atoms with Gasteiger partial charge in [0.2, 0.25) is 0 Å². The second-order valence-corrected chi connectivity index (χ2v) is 7.86. The molecular weight excluding hydrogens is 396 g/mol. The molecular formula is C13H22O13S. The highest BCUT2D eigenvalue weighted by atomic mass is 32.3. The molecule has 1 saturated carbocycles. The van der Waals surface area contributed by atoms with Crippen molar-refractivity contribution in [2.24, 2.45) is 5.92 Å². The maximum atomic E-state index is 11.5. The summed E-state index contributed by atoms with van der Waals surface area (Å²) in [5, 5.41) is 68.9. The molecule has 0 bridgehead atoms. The van der Waals surface area contributed by atoms with Gasteiger partial charge in [0.25, 0.3) is 0 Å². The van der Waals surface area contributed by atoms with Crippen LogP contribution in [0.15, 0.2) is 0 Å². The van der Waals surface area contributed by atoms with Crippen LogP contribution in [-0.4, -0.2) is 119 Å². The molecule has 0 spiro atoms. The van der Waals surface area contributed by atoms with Gasteiger partial charge in [0, 0.05) is 5.92 Å². The van der Waals surface area contributed by atoms with Gasteiger partial charge in [-0.05, 0) is 0 Å². The molecule has 2 aliphatic heterocycles. The van der Waals surface area contributed by atoms with Crippen LogP contribution >= 0.6 is 0 Å². The van der Waals surface area contributed by atoms with E-state index in [0.717, 1.165) is 0 Å². The minimum Gasteiger partial charge on any atom is -0.396 e. The number of hydrogen-bond donors (Lipinski definition) is 7. The number of fused-ring (bicyclic) bond motifs is 1. The second-order valence-electron chi connectivity index (χ2n) is 6.66. The highest BCUT2D eigenvalue weighted by Crippen LogP contribution is 2.39. The van der Waals surface area contributed by atoms with Crippen molar-refractivity contribution in [3.05, 3.63) is 0 Å². The van der Waals surface area contributed by atoms with E-state index in [4.69, 9.17) is 13.7 Å². The fourth-order valence-electron chi connectivity index (χ4n) is 3.52. The molecule has 2 heterocycles. The normalized spacial score (nSPS) is 52.5. The fourth-order valence-corrected chi connectivity index (χ4v) is 4.59. The van der Waals surface area contributed by atoms with Crippen LogP contribution in [-0.2, 0) is 28.2 Å². The molecule has 3 rings (SSSR count). The molecule has 3 fully saturated rings. The second kappa shape index (κ2) is 7.74. The zero-order valence-electron chi connectivity index (χ0n) is 13.8. The number of hydrogen-bond acceptors (Lipinski definition) is 13. The monoisotopic (exact) mass is 418 g/mol. The molecule has 0 amide bonds. The van der Waals surface area contributed by atoms with E-state index in [1.165, 1.54) is 0 Å².